The molecule has 0 saturated carbocycles. The molecule has 1 aromatic carbocycles. The van der Waals surface area contributed by atoms with Crippen molar-refractivity contribution in [2.24, 2.45) is 0 Å². The third-order valence-electron chi connectivity index (χ3n) is 4.25. The van der Waals surface area contributed by atoms with Crippen LogP contribution in [0.5, 0.6) is 0 Å². The lowest BCUT2D eigenvalue weighted by atomic mass is 10.2. The van der Waals surface area contributed by atoms with Gasteiger partial charge in [0.1, 0.15) is 5.03 Å². The van der Waals surface area contributed by atoms with E-state index >= 15 is 0 Å². The van der Waals surface area contributed by atoms with E-state index in [-0.39, 0.29) is 0 Å². The van der Waals surface area contributed by atoms with Crippen LogP contribution in [0.2, 0.25) is 5.02 Å². The predicted molar refractivity (Wildman–Crippen MR) is 101 cm³/mol. The lowest BCUT2D eigenvalue weighted by molar-refractivity contribution is 0.678. The first-order valence-corrected chi connectivity index (χ1v) is 9.29. The van der Waals surface area contributed by atoms with Gasteiger partial charge in [-0.2, -0.15) is 0 Å². The Kier molecular flexibility index (Phi) is 4.98. The van der Waals surface area contributed by atoms with E-state index in [1.165, 1.54) is 27.7 Å². The summed E-state index contributed by atoms with van der Waals surface area (Å²) in [6.45, 7) is 7.67. The molecule has 2 heterocycles. The molecule has 120 valence electrons. The Morgan fingerprint density at radius 2 is 1.87 bits per heavy atom. The molecule has 0 bridgehead atoms. The van der Waals surface area contributed by atoms with Gasteiger partial charge in [-0.25, -0.2) is 4.98 Å². The van der Waals surface area contributed by atoms with Crippen LogP contribution in [-0.2, 0) is 12.3 Å². The van der Waals surface area contributed by atoms with Gasteiger partial charge in [-0.15, -0.1) is 0 Å². The highest BCUT2D eigenvalue weighted by atomic mass is 35.5. The summed E-state index contributed by atoms with van der Waals surface area (Å²) in [5.41, 5.74) is 5.26. The second-order valence-corrected chi connectivity index (χ2v) is 7.19. The highest BCUT2D eigenvalue weighted by Gasteiger charge is 2.15. The zero-order valence-corrected chi connectivity index (χ0v) is 15.3. The van der Waals surface area contributed by atoms with E-state index in [1.54, 1.807) is 11.8 Å². The van der Waals surface area contributed by atoms with Crippen molar-refractivity contribution in [1.82, 2.24) is 9.55 Å². The Bertz CT molecular complexity index is 821. The fourth-order valence-corrected chi connectivity index (χ4v) is 4.02. The average molecular weight is 345 g/mol. The molecule has 0 saturated heterocycles. The molecule has 0 N–H and O–H groups in total. The number of rotatable bonds is 5. The summed E-state index contributed by atoms with van der Waals surface area (Å²) in [6.07, 6.45) is 3.05. The normalized spacial score (nSPS) is 11.3. The number of halogens is 1. The molecule has 0 aliphatic rings. The first-order chi connectivity index (χ1) is 11.1. The zero-order valence-electron chi connectivity index (χ0n) is 13.8. The Balaban J connectivity index is 1.97. The zero-order chi connectivity index (χ0) is 16.4. The monoisotopic (exact) mass is 344 g/mol. The summed E-state index contributed by atoms with van der Waals surface area (Å²) in [5, 5.41) is 3.22. The average Bonchev–Trinajstić information content (AvgIpc) is 2.80. The van der Waals surface area contributed by atoms with Gasteiger partial charge in [0, 0.05) is 34.6 Å². The molecule has 4 heteroatoms. The first-order valence-electron chi connectivity index (χ1n) is 7.93. The van der Waals surface area contributed by atoms with Crippen LogP contribution in [0.15, 0.2) is 41.6 Å². The first kappa shape index (κ1) is 16.4. The molecule has 0 aliphatic heterocycles. The maximum absolute atomic E-state index is 5.96. The highest BCUT2D eigenvalue weighted by molar-refractivity contribution is 7.98. The molecule has 3 aromatic rings. The Hall–Kier alpha value is -1.45. The van der Waals surface area contributed by atoms with Crippen molar-refractivity contribution >= 4 is 34.3 Å². The van der Waals surface area contributed by atoms with Crippen LogP contribution in [0.1, 0.15) is 30.2 Å². The van der Waals surface area contributed by atoms with E-state index in [0.29, 0.717) is 0 Å². The largest absolute Gasteiger partial charge is 0.342 e. The van der Waals surface area contributed by atoms with Crippen LogP contribution in [0.4, 0.5) is 0 Å². The molecular weight excluding hydrogens is 324 g/mol. The third kappa shape index (κ3) is 3.26. The molecule has 0 aliphatic carbocycles. The molecule has 0 atom stereocenters. The van der Waals surface area contributed by atoms with Gasteiger partial charge < -0.3 is 4.57 Å². The Morgan fingerprint density at radius 1 is 1.13 bits per heavy atom. The second-order valence-electron chi connectivity index (χ2n) is 5.79. The SMILES string of the molecule is CCCn1c(C)c(C)c2ccnc(SCc3ccc(Cl)cc3)c21. The minimum Gasteiger partial charge on any atom is -0.342 e. The number of hydrogen-bond donors (Lipinski definition) is 0. The van der Waals surface area contributed by atoms with Crippen LogP contribution < -0.4 is 0 Å². The third-order valence-corrected chi connectivity index (χ3v) is 5.55. The van der Waals surface area contributed by atoms with Crippen molar-refractivity contribution in [3.8, 4) is 0 Å². The smallest absolute Gasteiger partial charge is 0.121 e. The van der Waals surface area contributed by atoms with Gasteiger partial charge in [0.15, 0.2) is 0 Å². The molecule has 2 nitrogen and oxygen atoms in total. The minimum absolute atomic E-state index is 0.780. The summed E-state index contributed by atoms with van der Waals surface area (Å²) in [7, 11) is 0. The quantitative estimate of drug-likeness (QED) is 0.527. The summed E-state index contributed by atoms with van der Waals surface area (Å²) in [5.74, 6) is 0.901. The van der Waals surface area contributed by atoms with E-state index in [2.05, 4.69) is 48.5 Å². The van der Waals surface area contributed by atoms with E-state index < -0.39 is 0 Å². The van der Waals surface area contributed by atoms with Gasteiger partial charge in [-0.1, -0.05) is 42.4 Å². The van der Waals surface area contributed by atoms with Gasteiger partial charge in [0.05, 0.1) is 5.52 Å². The van der Waals surface area contributed by atoms with Crippen LogP contribution in [0, 0.1) is 13.8 Å². The van der Waals surface area contributed by atoms with Crippen molar-refractivity contribution < 1.29 is 0 Å². The van der Waals surface area contributed by atoms with Crippen LogP contribution >= 0.6 is 23.4 Å². The summed E-state index contributed by atoms with van der Waals surface area (Å²) in [4.78, 5) is 4.65. The van der Waals surface area contributed by atoms with Crippen molar-refractivity contribution in [2.75, 3.05) is 0 Å². The second kappa shape index (κ2) is 6.98. The van der Waals surface area contributed by atoms with Crippen molar-refractivity contribution in [2.45, 2.75) is 44.5 Å². The fraction of sp³-hybridized carbons (Fsp3) is 0.316. The Morgan fingerprint density at radius 3 is 2.57 bits per heavy atom. The molecule has 2 aromatic heterocycles. The molecule has 0 fully saturated rings. The van der Waals surface area contributed by atoms with Crippen molar-refractivity contribution in [3.05, 3.63) is 58.4 Å². The lowest BCUT2D eigenvalue weighted by Gasteiger charge is -2.10. The number of benzene rings is 1. The number of hydrogen-bond acceptors (Lipinski definition) is 2. The molecule has 0 radical (unpaired) electrons. The van der Waals surface area contributed by atoms with Crippen LogP contribution in [0.3, 0.4) is 0 Å². The van der Waals surface area contributed by atoms with Crippen LogP contribution in [-0.4, -0.2) is 9.55 Å². The topological polar surface area (TPSA) is 17.8 Å². The van der Waals surface area contributed by atoms with Crippen LogP contribution in [0.25, 0.3) is 10.9 Å². The standard InChI is InChI=1S/C19H21ClN2S/c1-4-11-22-14(3)13(2)17-9-10-21-19(18(17)22)23-12-15-5-7-16(20)8-6-15/h5-10H,4,11-12H2,1-3H3. The molecule has 23 heavy (non-hydrogen) atoms. The highest BCUT2D eigenvalue weighted by Crippen LogP contribution is 2.33. The van der Waals surface area contributed by atoms with Gasteiger partial charge in [0.2, 0.25) is 0 Å². The number of fused-ring (bicyclic) bond motifs is 1. The molecule has 0 amide bonds. The number of aryl methyl sites for hydroxylation is 2. The van der Waals surface area contributed by atoms with Crippen molar-refractivity contribution in [1.29, 1.82) is 0 Å². The van der Waals surface area contributed by atoms with E-state index in [1.807, 2.05) is 18.3 Å². The minimum atomic E-state index is 0.780. The number of nitrogens with zero attached hydrogens (tertiary/aromatic N) is 2. The molecular formula is C19H21ClN2S. The molecule has 0 unspecified atom stereocenters. The van der Waals surface area contributed by atoms with E-state index in [9.17, 15) is 0 Å². The fourth-order valence-electron chi connectivity index (χ4n) is 2.90. The van der Waals surface area contributed by atoms with Gasteiger partial charge in [-0.3, -0.25) is 0 Å². The van der Waals surface area contributed by atoms with E-state index in [4.69, 9.17) is 11.6 Å². The number of thioether (sulfide) groups is 1. The summed E-state index contributed by atoms with van der Waals surface area (Å²) in [6, 6.07) is 10.2. The maximum atomic E-state index is 5.96. The van der Waals surface area contributed by atoms with E-state index in [0.717, 1.165) is 28.8 Å². The predicted octanol–water partition coefficient (Wildman–Crippen LogP) is 6.01. The Labute approximate surface area is 146 Å². The number of pyridine rings is 1. The van der Waals surface area contributed by atoms with Gasteiger partial charge in [-0.05, 0) is 49.6 Å². The van der Waals surface area contributed by atoms with Crippen molar-refractivity contribution in [3.63, 3.8) is 0 Å². The lowest BCUT2D eigenvalue weighted by Crippen LogP contribution is -2.00. The summed E-state index contributed by atoms with van der Waals surface area (Å²) >= 11 is 7.76. The number of aromatic nitrogens is 2. The van der Waals surface area contributed by atoms with Gasteiger partial charge >= 0.3 is 0 Å². The maximum Gasteiger partial charge on any atom is 0.121 e. The molecule has 0 spiro atoms. The summed E-state index contributed by atoms with van der Waals surface area (Å²) < 4.78 is 2.42. The van der Waals surface area contributed by atoms with Gasteiger partial charge in [0.25, 0.3) is 0 Å². The molecule has 3 rings (SSSR count).